The maximum absolute atomic E-state index is 12.6. The molecule has 0 amide bonds. The molecule has 0 aliphatic rings. The highest BCUT2D eigenvalue weighted by molar-refractivity contribution is 5.22. The first-order chi connectivity index (χ1) is 7.78. The molecule has 2 rings (SSSR count). The molecule has 0 radical (unpaired) electrons. The normalized spacial score (nSPS) is 10.4. The summed E-state index contributed by atoms with van der Waals surface area (Å²) in [6.07, 6.45) is 0. The Kier molecular flexibility index (Phi) is 3.11. The van der Waals surface area contributed by atoms with Crippen LogP contribution in [0.25, 0.3) is 0 Å². The number of rotatable bonds is 4. The van der Waals surface area contributed by atoms with E-state index in [1.807, 2.05) is 0 Å². The first-order valence-corrected chi connectivity index (χ1v) is 4.67. The third kappa shape index (κ3) is 2.54. The van der Waals surface area contributed by atoms with E-state index in [1.54, 1.807) is 0 Å². The fraction of sp³-hybridized carbons (Fsp3) is 0.200. The SMILES string of the molecule is NCc1nnc(COc2ccc(F)cc2)o1. The van der Waals surface area contributed by atoms with E-state index >= 15 is 0 Å². The van der Waals surface area contributed by atoms with E-state index < -0.39 is 0 Å². The van der Waals surface area contributed by atoms with Crippen LogP contribution in [-0.4, -0.2) is 10.2 Å². The Hall–Kier alpha value is -1.95. The Balaban J connectivity index is 1.94. The summed E-state index contributed by atoms with van der Waals surface area (Å²) >= 11 is 0. The van der Waals surface area contributed by atoms with Crippen LogP contribution in [0.3, 0.4) is 0 Å². The van der Waals surface area contributed by atoms with E-state index in [2.05, 4.69) is 10.2 Å². The largest absolute Gasteiger partial charge is 0.484 e. The molecule has 0 unspecified atom stereocenters. The zero-order chi connectivity index (χ0) is 11.4. The number of nitrogens with two attached hydrogens (primary N) is 1. The summed E-state index contributed by atoms with van der Waals surface area (Å²) < 4.78 is 23.0. The Morgan fingerprint density at radius 1 is 1.19 bits per heavy atom. The molecule has 5 nitrogen and oxygen atoms in total. The van der Waals surface area contributed by atoms with Crippen molar-refractivity contribution in [2.24, 2.45) is 5.73 Å². The van der Waals surface area contributed by atoms with Gasteiger partial charge in [-0.15, -0.1) is 10.2 Å². The molecule has 0 atom stereocenters. The summed E-state index contributed by atoms with van der Waals surface area (Å²) in [5.74, 6) is 0.923. The summed E-state index contributed by atoms with van der Waals surface area (Å²) in [7, 11) is 0. The highest BCUT2D eigenvalue weighted by Crippen LogP contribution is 2.12. The van der Waals surface area contributed by atoms with Gasteiger partial charge in [0.15, 0.2) is 6.61 Å². The molecule has 1 heterocycles. The predicted octanol–water partition coefficient (Wildman–Crippen LogP) is 1.25. The lowest BCUT2D eigenvalue weighted by atomic mass is 10.3. The minimum absolute atomic E-state index is 0.138. The first-order valence-electron chi connectivity index (χ1n) is 4.67. The Bertz CT molecular complexity index is 455. The van der Waals surface area contributed by atoms with Gasteiger partial charge in [0.05, 0.1) is 6.54 Å². The second kappa shape index (κ2) is 4.71. The van der Waals surface area contributed by atoms with Crippen LogP contribution in [0.4, 0.5) is 4.39 Å². The summed E-state index contributed by atoms with van der Waals surface area (Å²) in [4.78, 5) is 0. The molecule has 0 fully saturated rings. The van der Waals surface area contributed by atoms with E-state index in [9.17, 15) is 4.39 Å². The van der Waals surface area contributed by atoms with Crippen molar-refractivity contribution < 1.29 is 13.5 Å². The third-order valence-electron chi connectivity index (χ3n) is 1.86. The molecular weight excluding hydrogens is 213 g/mol. The van der Waals surface area contributed by atoms with Gasteiger partial charge in [0.25, 0.3) is 5.89 Å². The molecule has 0 spiro atoms. The average molecular weight is 223 g/mol. The van der Waals surface area contributed by atoms with Gasteiger partial charge in [0.2, 0.25) is 5.89 Å². The Morgan fingerprint density at radius 3 is 2.50 bits per heavy atom. The minimum atomic E-state index is -0.310. The third-order valence-corrected chi connectivity index (χ3v) is 1.86. The lowest BCUT2D eigenvalue weighted by Crippen LogP contribution is -1.96. The van der Waals surface area contributed by atoms with Crippen molar-refractivity contribution in [3.8, 4) is 5.75 Å². The van der Waals surface area contributed by atoms with Gasteiger partial charge >= 0.3 is 0 Å². The molecule has 2 aromatic rings. The second-order valence-electron chi connectivity index (χ2n) is 3.04. The fourth-order valence-electron chi connectivity index (χ4n) is 1.11. The second-order valence-corrected chi connectivity index (χ2v) is 3.04. The van der Waals surface area contributed by atoms with Crippen molar-refractivity contribution in [3.05, 3.63) is 41.9 Å². The van der Waals surface area contributed by atoms with Gasteiger partial charge in [-0.05, 0) is 24.3 Å². The van der Waals surface area contributed by atoms with Gasteiger partial charge < -0.3 is 14.9 Å². The van der Waals surface area contributed by atoms with E-state index in [0.717, 1.165) is 0 Å². The maximum Gasteiger partial charge on any atom is 0.253 e. The summed E-state index contributed by atoms with van der Waals surface area (Å²) in [5.41, 5.74) is 5.31. The predicted molar refractivity (Wildman–Crippen MR) is 52.9 cm³/mol. The van der Waals surface area contributed by atoms with E-state index in [0.29, 0.717) is 17.5 Å². The minimum Gasteiger partial charge on any atom is -0.484 e. The Labute approximate surface area is 91.0 Å². The number of hydrogen-bond donors (Lipinski definition) is 1. The molecular formula is C10H10FN3O2. The zero-order valence-corrected chi connectivity index (χ0v) is 8.39. The van der Waals surface area contributed by atoms with Gasteiger partial charge in [0.1, 0.15) is 11.6 Å². The van der Waals surface area contributed by atoms with E-state index in [1.165, 1.54) is 24.3 Å². The van der Waals surface area contributed by atoms with Gasteiger partial charge in [0, 0.05) is 0 Å². The molecule has 0 saturated heterocycles. The molecule has 16 heavy (non-hydrogen) atoms. The number of halogens is 1. The molecule has 6 heteroatoms. The summed E-state index contributed by atoms with van der Waals surface area (Å²) in [6.45, 7) is 0.335. The highest BCUT2D eigenvalue weighted by Gasteiger charge is 2.04. The monoisotopic (exact) mass is 223 g/mol. The van der Waals surface area contributed by atoms with Crippen molar-refractivity contribution >= 4 is 0 Å². The molecule has 1 aromatic carbocycles. The zero-order valence-electron chi connectivity index (χ0n) is 8.39. The fourth-order valence-corrected chi connectivity index (χ4v) is 1.11. The Morgan fingerprint density at radius 2 is 1.88 bits per heavy atom. The molecule has 2 N–H and O–H groups in total. The maximum atomic E-state index is 12.6. The molecule has 0 aliphatic carbocycles. The summed E-state index contributed by atoms with van der Waals surface area (Å²) in [6, 6.07) is 5.67. The highest BCUT2D eigenvalue weighted by atomic mass is 19.1. The van der Waals surface area contributed by atoms with Gasteiger partial charge in [-0.1, -0.05) is 0 Å². The molecule has 84 valence electrons. The molecule has 0 saturated carbocycles. The van der Waals surface area contributed by atoms with Crippen molar-refractivity contribution in [1.82, 2.24) is 10.2 Å². The smallest absolute Gasteiger partial charge is 0.253 e. The number of nitrogens with zero attached hydrogens (tertiary/aromatic N) is 2. The standard InChI is InChI=1S/C10H10FN3O2/c11-7-1-3-8(4-2-7)15-6-10-14-13-9(5-12)16-10/h1-4H,5-6,12H2. The lowest BCUT2D eigenvalue weighted by molar-refractivity contribution is 0.259. The molecule has 0 aliphatic heterocycles. The van der Waals surface area contributed by atoms with Crippen LogP contribution in [0.1, 0.15) is 11.8 Å². The van der Waals surface area contributed by atoms with Crippen LogP contribution < -0.4 is 10.5 Å². The van der Waals surface area contributed by atoms with E-state index in [4.69, 9.17) is 14.9 Å². The van der Waals surface area contributed by atoms with Gasteiger partial charge in [-0.3, -0.25) is 0 Å². The van der Waals surface area contributed by atoms with Gasteiger partial charge in [-0.25, -0.2) is 4.39 Å². The van der Waals surface area contributed by atoms with Crippen LogP contribution in [-0.2, 0) is 13.2 Å². The van der Waals surface area contributed by atoms with Gasteiger partial charge in [-0.2, -0.15) is 0 Å². The summed E-state index contributed by atoms with van der Waals surface area (Å²) in [5, 5.41) is 7.40. The average Bonchev–Trinajstić information content (AvgIpc) is 2.76. The van der Waals surface area contributed by atoms with Crippen LogP contribution in [0.2, 0.25) is 0 Å². The van der Waals surface area contributed by atoms with Crippen molar-refractivity contribution in [2.45, 2.75) is 13.2 Å². The van der Waals surface area contributed by atoms with E-state index in [-0.39, 0.29) is 19.0 Å². The van der Waals surface area contributed by atoms with Crippen molar-refractivity contribution in [2.75, 3.05) is 0 Å². The van der Waals surface area contributed by atoms with Crippen LogP contribution in [0.5, 0.6) is 5.75 Å². The molecule has 0 bridgehead atoms. The number of benzene rings is 1. The quantitative estimate of drug-likeness (QED) is 0.844. The van der Waals surface area contributed by atoms with Crippen molar-refractivity contribution in [3.63, 3.8) is 0 Å². The molecule has 1 aromatic heterocycles. The van der Waals surface area contributed by atoms with Crippen LogP contribution in [0, 0.1) is 5.82 Å². The lowest BCUT2D eigenvalue weighted by Gasteiger charge is -2.01. The number of ether oxygens (including phenoxy) is 1. The first kappa shape index (κ1) is 10.6. The van der Waals surface area contributed by atoms with Crippen LogP contribution in [0.15, 0.2) is 28.7 Å². The topological polar surface area (TPSA) is 74.2 Å². The number of hydrogen-bond acceptors (Lipinski definition) is 5. The van der Waals surface area contributed by atoms with Crippen LogP contribution >= 0.6 is 0 Å². The van der Waals surface area contributed by atoms with Crippen molar-refractivity contribution in [1.29, 1.82) is 0 Å². The number of aromatic nitrogens is 2.